The molecular weight excluding hydrogens is 658 g/mol. The molecule has 40 heavy (non-hydrogen) atoms. The molecule has 0 bridgehead atoms. The van der Waals surface area contributed by atoms with Gasteiger partial charge < -0.3 is 16.0 Å². The Labute approximate surface area is 251 Å². The Hall–Kier alpha value is -3.05. The molecule has 0 aliphatic rings. The highest BCUT2D eigenvalue weighted by molar-refractivity contribution is 9.10. The number of amides is 3. The summed E-state index contributed by atoms with van der Waals surface area (Å²) in [7, 11) is 0. The summed E-state index contributed by atoms with van der Waals surface area (Å²) in [5.74, 6) is -4.88. The first-order valence-electron chi connectivity index (χ1n) is 11.4. The number of benzene rings is 3. The summed E-state index contributed by atoms with van der Waals surface area (Å²) in [6.45, 7) is 3.38. The van der Waals surface area contributed by atoms with Crippen LogP contribution in [0.4, 0.5) is 30.2 Å². The van der Waals surface area contributed by atoms with Gasteiger partial charge in [-0.05, 0) is 64.0 Å². The molecule has 0 aliphatic heterocycles. The maximum atomic E-state index is 14.9. The molecule has 13 heteroatoms. The van der Waals surface area contributed by atoms with E-state index in [1.807, 2.05) is 0 Å². The van der Waals surface area contributed by atoms with E-state index in [1.54, 1.807) is 0 Å². The first kappa shape index (κ1) is 31.5. The molecule has 0 unspecified atom stereocenters. The van der Waals surface area contributed by atoms with Crippen molar-refractivity contribution in [2.24, 2.45) is 0 Å². The third-order valence-corrected chi connectivity index (χ3v) is 6.77. The minimum atomic E-state index is -1.53. The first-order chi connectivity index (χ1) is 18.8. The minimum absolute atomic E-state index is 0.0246. The van der Waals surface area contributed by atoms with Crippen LogP contribution in [0.2, 0.25) is 5.02 Å². The predicted octanol–water partition coefficient (Wildman–Crippen LogP) is 8.03. The Bertz CT molecular complexity index is 1490. The van der Waals surface area contributed by atoms with Crippen LogP contribution >= 0.6 is 50.7 Å². The first-order valence-corrected chi connectivity index (χ1v) is 13.3. The summed E-state index contributed by atoms with van der Waals surface area (Å²) >= 11 is 21.9. The molecule has 0 aliphatic carbocycles. The van der Waals surface area contributed by atoms with Gasteiger partial charge >= 0.3 is 0 Å². The van der Waals surface area contributed by atoms with Crippen LogP contribution < -0.4 is 16.0 Å². The standard InChI is InChI=1S/C27H20BrCl3F3N3O3/c1-2-3-22(38)37-25-20(33)8-9-21(24(25)34)36-26(40)16-11-15(5-6-18(16)29)35-23(39)13-27(30,31)12-14-4-7-19(32)17(28)10-14/h2,4-11H,1,3,12-13H2,(H,35,39)(H,36,40)(H,37,38). The molecule has 0 heterocycles. The fourth-order valence-electron chi connectivity index (χ4n) is 3.50. The van der Waals surface area contributed by atoms with Gasteiger partial charge in [0.25, 0.3) is 5.91 Å². The smallest absolute Gasteiger partial charge is 0.257 e. The maximum Gasteiger partial charge on any atom is 0.257 e. The van der Waals surface area contributed by atoms with Gasteiger partial charge in [-0.1, -0.05) is 23.7 Å². The molecule has 3 aromatic rings. The van der Waals surface area contributed by atoms with Gasteiger partial charge in [0.2, 0.25) is 11.8 Å². The highest BCUT2D eigenvalue weighted by Gasteiger charge is 2.29. The molecule has 0 spiro atoms. The van der Waals surface area contributed by atoms with E-state index in [4.69, 9.17) is 34.8 Å². The zero-order valence-electron chi connectivity index (χ0n) is 20.4. The van der Waals surface area contributed by atoms with Crippen molar-refractivity contribution in [1.82, 2.24) is 0 Å². The number of rotatable bonds is 10. The number of anilines is 3. The zero-order valence-corrected chi connectivity index (χ0v) is 24.2. The lowest BCUT2D eigenvalue weighted by Crippen LogP contribution is -2.25. The van der Waals surface area contributed by atoms with Crippen molar-refractivity contribution in [2.75, 3.05) is 16.0 Å². The average molecular weight is 678 g/mol. The van der Waals surface area contributed by atoms with Crippen LogP contribution in [0.25, 0.3) is 0 Å². The van der Waals surface area contributed by atoms with Crippen LogP contribution in [-0.2, 0) is 16.0 Å². The van der Waals surface area contributed by atoms with Crippen molar-refractivity contribution >= 4 is 85.5 Å². The van der Waals surface area contributed by atoms with Crippen LogP contribution in [-0.4, -0.2) is 22.1 Å². The second kappa shape index (κ2) is 13.5. The Balaban J connectivity index is 1.72. The summed E-state index contributed by atoms with van der Waals surface area (Å²) < 4.78 is 41.2. The number of carbonyl (C=O) groups is 3. The lowest BCUT2D eigenvalue weighted by atomic mass is 10.1. The van der Waals surface area contributed by atoms with Gasteiger partial charge in [-0.3, -0.25) is 14.4 Å². The highest BCUT2D eigenvalue weighted by atomic mass is 79.9. The van der Waals surface area contributed by atoms with Crippen LogP contribution in [0.5, 0.6) is 0 Å². The Morgan fingerprint density at radius 1 is 0.925 bits per heavy atom. The molecule has 0 saturated heterocycles. The van der Waals surface area contributed by atoms with Gasteiger partial charge in [-0.2, -0.15) is 0 Å². The summed E-state index contributed by atoms with van der Waals surface area (Å²) in [6.07, 6.45) is 0.768. The molecule has 3 N–H and O–H groups in total. The molecule has 0 aromatic heterocycles. The third kappa shape index (κ3) is 8.47. The summed E-state index contributed by atoms with van der Waals surface area (Å²) in [6, 6.07) is 10.1. The van der Waals surface area contributed by atoms with Gasteiger partial charge in [0.1, 0.15) is 21.7 Å². The average Bonchev–Trinajstić information content (AvgIpc) is 2.86. The van der Waals surface area contributed by atoms with Crippen LogP contribution in [0, 0.1) is 17.5 Å². The van der Waals surface area contributed by atoms with Crippen molar-refractivity contribution in [3.05, 3.63) is 99.3 Å². The molecule has 0 radical (unpaired) electrons. The number of carbonyl (C=O) groups excluding carboxylic acids is 3. The third-order valence-electron chi connectivity index (χ3n) is 5.29. The van der Waals surface area contributed by atoms with E-state index in [0.29, 0.717) is 5.56 Å². The molecule has 3 amide bonds. The van der Waals surface area contributed by atoms with Gasteiger partial charge in [-0.15, -0.1) is 29.8 Å². The van der Waals surface area contributed by atoms with E-state index in [1.165, 1.54) is 42.5 Å². The molecular formula is C27H20BrCl3F3N3O3. The number of hydrogen-bond donors (Lipinski definition) is 3. The quantitative estimate of drug-likeness (QED) is 0.150. The van der Waals surface area contributed by atoms with Gasteiger partial charge in [0.15, 0.2) is 5.82 Å². The van der Waals surface area contributed by atoms with Crippen molar-refractivity contribution in [1.29, 1.82) is 0 Å². The van der Waals surface area contributed by atoms with Crippen LogP contribution in [0.1, 0.15) is 28.8 Å². The monoisotopic (exact) mass is 675 g/mol. The number of alkyl halides is 2. The Morgan fingerprint density at radius 3 is 2.30 bits per heavy atom. The van der Waals surface area contributed by atoms with Crippen molar-refractivity contribution in [2.45, 2.75) is 23.6 Å². The SMILES string of the molecule is C=CCC(=O)Nc1c(F)ccc(NC(=O)c2cc(NC(=O)CC(Cl)(Cl)Cc3ccc(F)c(Br)c3)ccc2Cl)c1F. The van der Waals surface area contributed by atoms with E-state index in [9.17, 15) is 27.6 Å². The van der Waals surface area contributed by atoms with Crippen LogP contribution in [0.3, 0.4) is 0 Å². The Morgan fingerprint density at radius 2 is 1.62 bits per heavy atom. The van der Waals surface area contributed by atoms with E-state index >= 15 is 0 Å². The fraction of sp³-hybridized carbons (Fsp3) is 0.148. The predicted molar refractivity (Wildman–Crippen MR) is 155 cm³/mol. The topological polar surface area (TPSA) is 87.3 Å². The summed E-state index contributed by atoms with van der Waals surface area (Å²) in [5.41, 5.74) is -0.555. The zero-order chi connectivity index (χ0) is 29.6. The molecule has 0 atom stereocenters. The minimum Gasteiger partial charge on any atom is -0.326 e. The van der Waals surface area contributed by atoms with Gasteiger partial charge in [0, 0.05) is 18.5 Å². The van der Waals surface area contributed by atoms with Crippen molar-refractivity contribution in [3.8, 4) is 0 Å². The number of halogens is 7. The molecule has 0 saturated carbocycles. The summed E-state index contributed by atoms with van der Waals surface area (Å²) in [4.78, 5) is 37.3. The second-order valence-corrected chi connectivity index (χ2v) is 11.4. The van der Waals surface area contributed by atoms with Gasteiger partial charge in [-0.25, -0.2) is 13.2 Å². The normalized spacial score (nSPS) is 11.1. The molecule has 0 fully saturated rings. The number of hydrogen-bond acceptors (Lipinski definition) is 3. The van der Waals surface area contributed by atoms with Gasteiger partial charge in [0.05, 0.1) is 27.2 Å². The van der Waals surface area contributed by atoms with E-state index in [2.05, 4.69) is 38.5 Å². The summed E-state index contributed by atoms with van der Waals surface area (Å²) in [5, 5.41) is 6.89. The van der Waals surface area contributed by atoms with Crippen molar-refractivity contribution < 1.29 is 27.6 Å². The molecule has 3 rings (SSSR count). The van der Waals surface area contributed by atoms with E-state index in [0.717, 1.165) is 12.1 Å². The Kier molecular flexibility index (Phi) is 10.7. The maximum absolute atomic E-state index is 14.9. The van der Waals surface area contributed by atoms with Crippen molar-refractivity contribution in [3.63, 3.8) is 0 Å². The largest absolute Gasteiger partial charge is 0.326 e. The molecule has 3 aromatic carbocycles. The van der Waals surface area contributed by atoms with Crippen LogP contribution in [0.15, 0.2) is 65.7 Å². The van der Waals surface area contributed by atoms with E-state index in [-0.39, 0.29) is 40.0 Å². The number of nitrogens with one attached hydrogen (secondary N) is 3. The van der Waals surface area contributed by atoms with E-state index < -0.39 is 50.9 Å². The lowest BCUT2D eigenvalue weighted by Gasteiger charge is -2.19. The molecule has 6 nitrogen and oxygen atoms in total. The highest BCUT2D eigenvalue weighted by Crippen LogP contribution is 2.32. The second-order valence-electron chi connectivity index (χ2n) is 8.48. The lowest BCUT2D eigenvalue weighted by molar-refractivity contribution is -0.116. The molecule has 210 valence electrons. The fourth-order valence-corrected chi connectivity index (χ4v) is 4.68.